The van der Waals surface area contributed by atoms with E-state index in [1.54, 1.807) is 4.90 Å². The van der Waals surface area contributed by atoms with Crippen molar-refractivity contribution in [2.45, 2.75) is 39.5 Å². The number of carbonyl (C=O) groups excluding carboxylic acids is 1. The number of carbonyl (C=O) groups is 1. The molecule has 3 heteroatoms. The molecule has 0 unspecified atom stereocenters. The number of para-hydroxylation sites is 2. The zero-order chi connectivity index (χ0) is 17.0. The van der Waals surface area contributed by atoms with Gasteiger partial charge < -0.3 is 5.32 Å². The fourth-order valence-corrected chi connectivity index (χ4v) is 2.71. The Hall–Kier alpha value is -2.29. The topological polar surface area (TPSA) is 32.3 Å². The van der Waals surface area contributed by atoms with Gasteiger partial charge in [0.2, 0.25) is 0 Å². The minimum atomic E-state index is -0.123. The number of benzene rings is 2. The molecule has 2 aromatic rings. The smallest absolute Gasteiger partial charge is 0.308 e. The van der Waals surface area contributed by atoms with Crippen LogP contribution in [-0.2, 0) is 11.8 Å². The molecular formula is C20H26N2O. The van der Waals surface area contributed by atoms with Gasteiger partial charge in [-0.1, -0.05) is 64.1 Å². The van der Waals surface area contributed by atoms with E-state index in [4.69, 9.17) is 0 Å². The van der Waals surface area contributed by atoms with E-state index < -0.39 is 0 Å². The second kappa shape index (κ2) is 6.86. The van der Waals surface area contributed by atoms with Crippen molar-refractivity contribution >= 4 is 17.4 Å². The first-order valence-corrected chi connectivity index (χ1v) is 8.06. The number of nitrogens with zero attached hydrogens (tertiary/aromatic N) is 1. The third kappa shape index (κ3) is 3.92. The molecule has 0 aliphatic heterocycles. The molecule has 3 nitrogen and oxygen atoms in total. The normalized spacial score (nSPS) is 11.2. The third-order valence-electron chi connectivity index (χ3n) is 3.97. The summed E-state index contributed by atoms with van der Waals surface area (Å²) in [5.41, 5.74) is 4.15. The van der Waals surface area contributed by atoms with Crippen molar-refractivity contribution in [2.75, 3.05) is 17.3 Å². The van der Waals surface area contributed by atoms with Gasteiger partial charge in [0.25, 0.3) is 0 Å². The van der Waals surface area contributed by atoms with Gasteiger partial charge in [-0.3, -0.25) is 4.90 Å². The first kappa shape index (κ1) is 17.1. The average Bonchev–Trinajstić information content (AvgIpc) is 2.53. The molecule has 0 aliphatic carbocycles. The van der Waals surface area contributed by atoms with Crippen LogP contribution in [0.4, 0.5) is 16.2 Å². The lowest BCUT2D eigenvalue weighted by atomic mass is 9.84. The molecule has 2 aromatic carbocycles. The Morgan fingerprint density at radius 2 is 1.70 bits per heavy atom. The Morgan fingerprint density at radius 3 is 2.26 bits per heavy atom. The molecule has 0 bridgehead atoms. The predicted molar refractivity (Wildman–Crippen MR) is 98.4 cm³/mol. The molecule has 0 aliphatic rings. The highest BCUT2D eigenvalue weighted by Gasteiger charge is 2.24. The Bertz CT molecular complexity index is 672. The Balaban J connectivity index is 2.38. The van der Waals surface area contributed by atoms with Crippen LogP contribution >= 0.6 is 0 Å². The van der Waals surface area contributed by atoms with Gasteiger partial charge in [0, 0.05) is 12.7 Å². The SMILES string of the molecule is CCc1cccc(C(C)(C)C)c1N(C)C(=O)Nc1ccccc1. The molecular weight excluding hydrogens is 284 g/mol. The van der Waals surface area contributed by atoms with Gasteiger partial charge in [0.05, 0.1) is 5.69 Å². The van der Waals surface area contributed by atoms with Crippen molar-refractivity contribution in [2.24, 2.45) is 0 Å². The summed E-state index contributed by atoms with van der Waals surface area (Å²) in [5, 5.41) is 2.96. The Labute approximate surface area is 139 Å². The molecule has 0 saturated carbocycles. The van der Waals surface area contributed by atoms with E-state index in [0.717, 1.165) is 17.8 Å². The van der Waals surface area contributed by atoms with Crippen molar-refractivity contribution in [3.63, 3.8) is 0 Å². The van der Waals surface area contributed by atoms with Crippen LogP contribution in [0.2, 0.25) is 0 Å². The van der Waals surface area contributed by atoms with Crippen molar-refractivity contribution < 1.29 is 4.79 Å². The summed E-state index contributed by atoms with van der Waals surface area (Å²) in [6.07, 6.45) is 0.891. The van der Waals surface area contributed by atoms with Crippen LogP contribution in [0.1, 0.15) is 38.8 Å². The van der Waals surface area contributed by atoms with E-state index in [-0.39, 0.29) is 11.4 Å². The largest absolute Gasteiger partial charge is 0.326 e. The third-order valence-corrected chi connectivity index (χ3v) is 3.97. The molecule has 1 N–H and O–H groups in total. The van der Waals surface area contributed by atoms with E-state index in [1.165, 1.54) is 11.1 Å². The van der Waals surface area contributed by atoms with Crippen molar-refractivity contribution in [1.82, 2.24) is 0 Å². The highest BCUT2D eigenvalue weighted by molar-refractivity contribution is 6.02. The molecule has 2 amide bonds. The number of aryl methyl sites for hydroxylation is 1. The fraction of sp³-hybridized carbons (Fsp3) is 0.350. The van der Waals surface area contributed by atoms with Gasteiger partial charge in [0.1, 0.15) is 0 Å². The standard InChI is InChI=1S/C20H26N2O/c1-6-15-11-10-14-17(20(2,3)4)18(15)22(5)19(23)21-16-12-8-7-9-13-16/h7-14H,6H2,1-5H3,(H,21,23). The molecule has 0 aromatic heterocycles. The van der Waals surface area contributed by atoms with Crippen LogP contribution in [0.15, 0.2) is 48.5 Å². The summed E-state index contributed by atoms with van der Waals surface area (Å²) in [4.78, 5) is 14.4. The molecule has 0 saturated heterocycles. The quantitative estimate of drug-likeness (QED) is 0.828. The number of hydrogen-bond donors (Lipinski definition) is 1. The van der Waals surface area contributed by atoms with Crippen molar-refractivity contribution in [1.29, 1.82) is 0 Å². The van der Waals surface area contributed by atoms with E-state index in [2.05, 4.69) is 51.2 Å². The van der Waals surface area contributed by atoms with Crippen LogP contribution in [0.5, 0.6) is 0 Å². The molecule has 0 radical (unpaired) electrons. The Morgan fingerprint density at radius 1 is 1.04 bits per heavy atom. The maximum Gasteiger partial charge on any atom is 0.326 e. The van der Waals surface area contributed by atoms with E-state index >= 15 is 0 Å². The maximum atomic E-state index is 12.7. The predicted octanol–water partition coefficient (Wildman–Crippen LogP) is 5.21. The molecule has 0 heterocycles. The number of nitrogens with one attached hydrogen (secondary N) is 1. The van der Waals surface area contributed by atoms with Crippen molar-refractivity contribution in [3.8, 4) is 0 Å². The number of amides is 2. The highest BCUT2D eigenvalue weighted by atomic mass is 16.2. The van der Waals surface area contributed by atoms with Crippen LogP contribution in [-0.4, -0.2) is 13.1 Å². The van der Waals surface area contributed by atoms with Gasteiger partial charge in [0.15, 0.2) is 0 Å². The van der Waals surface area contributed by atoms with Gasteiger partial charge in [-0.15, -0.1) is 0 Å². The summed E-state index contributed by atoms with van der Waals surface area (Å²) >= 11 is 0. The zero-order valence-corrected chi connectivity index (χ0v) is 14.7. The number of rotatable bonds is 3. The van der Waals surface area contributed by atoms with E-state index in [0.29, 0.717) is 0 Å². The molecule has 0 spiro atoms. The monoisotopic (exact) mass is 310 g/mol. The fourth-order valence-electron chi connectivity index (χ4n) is 2.71. The average molecular weight is 310 g/mol. The summed E-state index contributed by atoms with van der Waals surface area (Å²) in [5.74, 6) is 0. The number of hydrogen-bond acceptors (Lipinski definition) is 1. The molecule has 122 valence electrons. The van der Waals surface area contributed by atoms with Crippen molar-refractivity contribution in [3.05, 3.63) is 59.7 Å². The van der Waals surface area contributed by atoms with Crippen LogP contribution in [0.3, 0.4) is 0 Å². The number of urea groups is 1. The Kier molecular flexibility index (Phi) is 5.09. The van der Waals surface area contributed by atoms with E-state index in [9.17, 15) is 4.79 Å². The molecule has 0 fully saturated rings. The van der Waals surface area contributed by atoms with Gasteiger partial charge in [-0.05, 0) is 35.1 Å². The summed E-state index contributed by atoms with van der Waals surface area (Å²) in [6.45, 7) is 8.64. The minimum absolute atomic E-state index is 0.0260. The van der Waals surface area contributed by atoms with Gasteiger partial charge >= 0.3 is 6.03 Å². The molecule has 2 rings (SSSR count). The first-order valence-electron chi connectivity index (χ1n) is 8.06. The molecule has 23 heavy (non-hydrogen) atoms. The molecule has 0 atom stereocenters. The number of anilines is 2. The second-order valence-corrected chi connectivity index (χ2v) is 6.77. The second-order valence-electron chi connectivity index (χ2n) is 6.77. The lowest BCUT2D eigenvalue weighted by Crippen LogP contribution is -2.34. The van der Waals surface area contributed by atoms with Gasteiger partial charge in [-0.25, -0.2) is 4.79 Å². The minimum Gasteiger partial charge on any atom is -0.308 e. The van der Waals surface area contributed by atoms with Crippen LogP contribution in [0.25, 0.3) is 0 Å². The zero-order valence-electron chi connectivity index (χ0n) is 14.7. The summed E-state index contributed by atoms with van der Waals surface area (Å²) in [7, 11) is 1.84. The van der Waals surface area contributed by atoms with E-state index in [1.807, 2.05) is 37.4 Å². The highest BCUT2D eigenvalue weighted by Crippen LogP contribution is 2.34. The lowest BCUT2D eigenvalue weighted by molar-refractivity contribution is 0.258. The van der Waals surface area contributed by atoms with Gasteiger partial charge in [-0.2, -0.15) is 0 Å². The lowest BCUT2D eigenvalue weighted by Gasteiger charge is -2.30. The van der Waals surface area contributed by atoms with Crippen LogP contribution < -0.4 is 10.2 Å². The summed E-state index contributed by atoms with van der Waals surface area (Å²) in [6, 6.07) is 15.7. The van der Waals surface area contributed by atoms with Crippen LogP contribution in [0, 0.1) is 0 Å². The summed E-state index contributed by atoms with van der Waals surface area (Å²) < 4.78 is 0. The maximum absolute atomic E-state index is 12.7. The first-order chi connectivity index (χ1) is 10.8.